The first-order valence-corrected chi connectivity index (χ1v) is 10.4. The van der Waals surface area contributed by atoms with Gasteiger partial charge in [-0.2, -0.15) is 0 Å². The van der Waals surface area contributed by atoms with Crippen LogP contribution in [0.15, 0.2) is 0 Å². The molecule has 0 bridgehead atoms. The second-order valence-electron chi connectivity index (χ2n) is 7.00. The molecule has 1 N–H and O–H groups in total. The molecule has 0 spiro atoms. The van der Waals surface area contributed by atoms with E-state index in [1.54, 1.807) is 0 Å². The van der Waals surface area contributed by atoms with E-state index in [0.29, 0.717) is 0 Å². The van der Waals surface area contributed by atoms with Crippen molar-refractivity contribution in [1.82, 2.24) is 0 Å². The van der Waals surface area contributed by atoms with Gasteiger partial charge in [0.25, 0.3) is 0 Å². The second kappa shape index (κ2) is 7.66. The van der Waals surface area contributed by atoms with E-state index >= 15 is 0 Å². The second-order valence-corrected chi connectivity index (χ2v) is 11.8. The normalized spacial score (nSPS) is 16.7. The molecule has 0 saturated carbocycles. The molecule has 0 radical (unpaired) electrons. The highest BCUT2D eigenvalue weighted by molar-refractivity contribution is 6.74. The van der Waals surface area contributed by atoms with Crippen LogP contribution in [0.4, 0.5) is 0 Å². The molecule has 0 aromatic carbocycles. The van der Waals surface area contributed by atoms with E-state index in [1.165, 1.54) is 19.3 Å². The molecule has 0 aliphatic carbocycles. The van der Waals surface area contributed by atoms with Crippen molar-refractivity contribution in [3.8, 4) is 0 Å². The van der Waals surface area contributed by atoms with Crippen LogP contribution in [0.1, 0.15) is 66.7 Å². The lowest BCUT2D eigenvalue weighted by Crippen LogP contribution is -2.46. The molecule has 3 heteroatoms. The summed E-state index contributed by atoms with van der Waals surface area (Å²) in [5.74, 6) is 0. The third kappa shape index (κ3) is 6.35. The fourth-order valence-corrected chi connectivity index (χ4v) is 3.18. The Kier molecular flexibility index (Phi) is 7.72. The molecule has 0 aromatic heterocycles. The van der Waals surface area contributed by atoms with Gasteiger partial charge in [0.1, 0.15) is 0 Å². The number of aliphatic hydroxyl groups excluding tert-OH is 1. The summed E-state index contributed by atoms with van der Waals surface area (Å²) in [5.41, 5.74) is 0. The Morgan fingerprint density at radius 1 is 1.11 bits per heavy atom. The van der Waals surface area contributed by atoms with Crippen molar-refractivity contribution in [3.05, 3.63) is 0 Å². The molecule has 0 heterocycles. The van der Waals surface area contributed by atoms with Gasteiger partial charge in [-0.25, -0.2) is 0 Å². The van der Waals surface area contributed by atoms with E-state index in [-0.39, 0.29) is 17.2 Å². The summed E-state index contributed by atoms with van der Waals surface area (Å²) in [6.45, 7) is 15.4. The van der Waals surface area contributed by atoms with Crippen molar-refractivity contribution in [3.63, 3.8) is 0 Å². The molecule has 0 rings (SSSR count). The summed E-state index contributed by atoms with van der Waals surface area (Å²) in [6.07, 6.45) is 5.37. The number of rotatable bonds is 8. The molecule has 18 heavy (non-hydrogen) atoms. The number of hydrogen-bond acceptors (Lipinski definition) is 2. The standard InChI is InChI=1S/C15H34O2Si/c1-8-9-10-11-12-14(16)13(2)17-18(6,7)15(3,4)5/h13-14,16H,8-12H2,1-7H3. The highest BCUT2D eigenvalue weighted by Crippen LogP contribution is 2.37. The average molecular weight is 275 g/mol. The first-order valence-electron chi connectivity index (χ1n) is 7.47. The Labute approximate surface area is 115 Å². The predicted molar refractivity (Wildman–Crippen MR) is 82.5 cm³/mol. The van der Waals surface area contributed by atoms with Crippen LogP contribution >= 0.6 is 0 Å². The van der Waals surface area contributed by atoms with E-state index in [2.05, 4.69) is 40.8 Å². The lowest BCUT2D eigenvalue weighted by Gasteiger charge is -2.39. The first kappa shape index (κ1) is 18.1. The van der Waals surface area contributed by atoms with Gasteiger partial charge in [0.15, 0.2) is 8.32 Å². The van der Waals surface area contributed by atoms with Gasteiger partial charge in [0, 0.05) is 0 Å². The molecular weight excluding hydrogens is 240 g/mol. The van der Waals surface area contributed by atoms with Crippen molar-refractivity contribution < 1.29 is 9.53 Å². The fourth-order valence-electron chi connectivity index (χ4n) is 1.74. The van der Waals surface area contributed by atoms with Gasteiger partial charge >= 0.3 is 0 Å². The van der Waals surface area contributed by atoms with E-state index in [9.17, 15) is 5.11 Å². The molecule has 0 aliphatic heterocycles. The fraction of sp³-hybridized carbons (Fsp3) is 1.00. The van der Waals surface area contributed by atoms with Crippen molar-refractivity contribution in [2.75, 3.05) is 0 Å². The molecule has 2 unspecified atom stereocenters. The zero-order valence-corrected chi connectivity index (χ0v) is 14.5. The topological polar surface area (TPSA) is 29.5 Å². The smallest absolute Gasteiger partial charge is 0.192 e. The zero-order valence-electron chi connectivity index (χ0n) is 13.5. The Morgan fingerprint density at radius 3 is 2.11 bits per heavy atom. The van der Waals surface area contributed by atoms with Crippen molar-refractivity contribution in [1.29, 1.82) is 0 Å². The minimum Gasteiger partial charge on any atom is -0.412 e. The molecule has 2 nitrogen and oxygen atoms in total. The molecule has 110 valence electrons. The predicted octanol–water partition coefficient (Wildman–Crippen LogP) is 4.73. The highest BCUT2D eigenvalue weighted by Gasteiger charge is 2.39. The van der Waals surface area contributed by atoms with Gasteiger partial charge in [0.05, 0.1) is 12.2 Å². The van der Waals surface area contributed by atoms with Gasteiger partial charge < -0.3 is 9.53 Å². The van der Waals surface area contributed by atoms with Crippen molar-refractivity contribution in [2.45, 2.75) is 97.1 Å². The minimum atomic E-state index is -1.75. The summed E-state index contributed by atoms with van der Waals surface area (Å²) in [5, 5.41) is 10.4. The van der Waals surface area contributed by atoms with E-state index in [4.69, 9.17) is 4.43 Å². The van der Waals surface area contributed by atoms with Gasteiger partial charge in [-0.05, 0) is 31.5 Å². The van der Waals surface area contributed by atoms with Crippen LogP contribution in [-0.2, 0) is 4.43 Å². The van der Waals surface area contributed by atoms with E-state index in [0.717, 1.165) is 12.8 Å². The Hall–Kier alpha value is 0.137. The molecule has 0 saturated heterocycles. The van der Waals surface area contributed by atoms with Crippen LogP contribution in [-0.4, -0.2) is 25.6 Å². The molecular formula is C15H34O2Si. The number of hydrogen-bond donors (Lipinski definition) is 1. The average Bonchev–Trinajstić information content (AvgIpc) is 2.21. The number of unbranched alkanes of at least 4 members (excludes halogenated alkanes) is 3. The van der Waals surface area contributed by atoms with Crippen LogP contribution in [0.5, 0.6) is 0 Å². The lowest BCUT2D eigenvalue weighted by molar-refractivity contribution is 0.0318. The summed E-state index contributed by atoms with van der Waals surface area (Å²) in [4.78, 5) is 0. The summed E-state index contributed by atoms with van der Waals surface area (Å²) in [6, 6.07) is 0. The van der Waals surface area contributed by atoms with Crippen LogP contribution in [0.25, 0.3) is 0 Å². The van der Waals surface area contributed by atoms with E-state index < -0.39 is 8.32 Å². The van der Waals surface area contributed by atoms with Crippen LogP contribution in [0.2, 0.25) is 18.1 Å². The minimum absolute atomic E-state index is 0.0347. The molecule has 0 amide bonds. The van der Waals surface area contributed by atoms with Crippen molar-refractivity contribution in [2.24, 2.45) is 0 Å². The highest BCUT2D eigenvalue weighted by atomic mass is 28.4. The van der Waals surface area contributed by atoms with Gasteiger partial charge in [0.2, 0.25) is 0 Å². The zero-order chi connectivity index (χ0) is 14.4. The quantitative estimate of drug-likeness (QED) is 0.512. The van der Waals surface area contributed by atoms with Gasteiger partial charge in [-0.15, -0.1) is 0 Å². The summed E-state index contributed by atoms with van der Waals surface area (Å²) < 4.78 is 6.21. The summed E-state index contributed by atoms with van der Waals surface area (Å²) >= 11 is 0. The largest absolute Gasteiger partial charge is 0.412 e. The Bertz CT molecular complexity index is 221. The monoisotopic (exact) mass is 274 g/mol. The van der Waals surface area contributed by atoms with E-state index in [1.807, 2.05) is 6.92 Å². The molecule has 0 aromatic rings. The van der Waals surface area contributed by atoms with Crippen LogP contribution < -0.4 is 0 Å². The van der Waals surface area contributed by atoms with Gasteiger partial charge in [-0.3, -0.25) is 0 Å². The van der Waals surface area contributed by atoms with Gasteiger partial charge in [-0.1, -0.05) is 53.4 Å². The lowest BCUT2D eigenvalue weighted by atomic mass is 10.1. The molecule has 0 aliphatic rings. The van der Waals surface area contributed by atoms with Crippen molar-refractivity contribution >= 4 is 8.32 Å². The van der Waals surface area contributed by atoms with Crippen LogP contribution in [0, 0.1) is 0 Å². The first-order chi connectivity index (χ1) is 8.12. The molecule has 2 atom stereocenters. The maximum absolute atomic E-state index is 10.1. The molecule has 0 fully saturated rings. The SMILES string of the molecule is CCCCCCC(O)C(C)O[Si](C)(C)C(C)(C)C. The summed E-state index contributed by atoms with van der Waals surface area (Å²) in [7, 11) is -1.75. The third-order valence-corrected chi connectivity index (χ3v) is 8.76. The Balaban J connectivity index is 4.11. The van der Waals surface area contributed by atoms with Crippen LogP contribution in [0.3, 0.4) is 0 Å². The number of aliphatic hydroxyl groups is 1. The maximum Gasteiger partial charge on any atom is 0.192 e. The Morgan fingerprint density at radius 2 is 1.67 bits per heavy atom. The third-order valence-electron chi connectivity index (χ3n) is 4.18. The maximum atomic E-state index is 10.1.